The lowest BCUT2D eigenvalue weighted by Gasteiger charge is -2.46. The first kappa shape index (κ1) is 39.0. The van der Waals surface area contributed by atoms with Crippen molar-refractivity contribution in [2.24, 2.45) is 0 Å². The minimum atomic E-state index is -2.01. The van der Waals surface area contributed by atoms with Gasteiger partial charge in [0.25, 0.3) is 0 Å². The zero-order valence-corrected chi connectivity index (χ0v) is 27.7. The van der Waals surface area contributed by atoms with Gasteiger partial charge in [-0.3, -0.25) is 4.79 Å². The number of aliphatic hydroxyl groups is 9. The Bertz CT molecular complexity index is 1780. The first-order valence-electron chi connectivity index (χ1n) is 16.4. The molecule has 3 aromatic rings. The molecule has 15 unspecified atom stereocenters. The molecule has 0 spiro atoms. The number of hydrogen-bond donors (Lipinski definition) is 12. The Balaban J connectivity index is 1.26. The lowest BCUT2D eigenvalue weighted by atomic mass is 9.97. The van der Waals surface area contributed by atoms with Crippen molar-refractivity contribution in [2.45, 2.75) is 99.0 Å². The van der Waals surface area contributed by atoms with Crippen molar-refractivity contribution in [1.82, 2.24) is 0 Å². The Morgan fingerprint density at radius 1 is 0.679 bits per heavy atom. The second-order valence-corrected chi connectivity index (χ2v) is 12.9. The van der Waals surface area contributed by atoms with Gasteiger partial charge in [0.05, 0.1) is 19.3 Å². The zero-order valence-electron chi connectivity index (χ0n) is 27.7. The molecule has 292 valence electrons. The average Bonchev–Trinajstić information content (AvgIpc) is 3.12. The Labute approximate surface area is 298 Å². The average molecular weight is 757 g/mol. The lowest BCUT2D eigenvalue weighted by Crippen LogP contribution is -2.64. The molecule has 3 saturated heterocycles. The van der Waals surface area contributed by atoms with Gasteiger partial charge in [0.2, 0.25) is 17.5 Å². The lowest BCUT2D eigenvalue weighted by molar-refractivity contribution is -0.369. The van der Waals surface area contributed by atoms with Crippen molar-refractivity contribution in [1.29, 1.82) is 0 Å². The summed E-state index contributed by atoms with van der Waals surface area (Å²) in [6.07, 6.45) is -25.8. The fraction of sp³-hybridized carbons (Fsp3) is 0.545. The van der Waals surface area contributed by atoms with Gasteiger partial charge in [0.1, 0.15) is 95.4 Å². The second kappa shape index (κ2) is 15.6. The number of aromatic hydroxyl groups is 3. The monoisotopic (exact) mass is 756 g/mol. The fourth-order valence-corrected chi connectivity index (χ4v) is 6.25. The second-order valence-electron chi connectivity index (χ2n) is 12.9. The number of ether oxygens (including phenoxy) is 6. The predicted octanol–water partition coefficient (Wildman–Crippen LogP) is -3.57. The number of fused-ring (bicyclic) bond motifs is 1. The van der Waals surface area contributed by atoms with Gasteiger partial charge in [-0.2, -0.15) is 0 Å². The van der Waals surface area contributed by atoms with E-state index in [0.717, 1.165) is 12.1 Å². The summed E-state index contributed by atoms with van der Waals surface area (Å²) in [5, 5.41) is 124. The highest BCUT2D eigenvalue weighted by Crippen LogP contribution is 2.38. The van der Waals surface area contributed by atoms with E-state index in [1.165, 1.54) is 31.2 Å². The van der Waals surface area contributed by atoms with E-state index >= 15 is 0 Å². The van der Waals surface area contributed by atoms with E-state index < -0.39 is 133 Å². The topological polar surface area (TPSA) is 328 Å². The maximum Gasteiger partial charge on any atom is 0.239 e. The molecule has 3 fully saturated rings. The molecule has 6 rings (SSSR count). The van der Waals surface area contributed by atoms with Crippen LogP contribution in [0.4, 0.5) is 0 Å². The van der Waals surface area contributed by atoms with Crippen LogP contribution in [0.25, 0.3) is 22.3 Å². The van der Waals surface area contributed by atoms with Gasteiger partial charge in [-0.15, -0.1) is 0 Å². The molecule has 0 bridgehead atoms. The molecule has 20 nitrogen and oxygen atoms in total. The Morgan fingerprint density at radius 3 is 1.96 bits per heavy atom. The fourth-order valence-electron chi connectivity index (χ4n) is 6.25. The van der Waals surface area contributed by atoms with Gasteiger partial charge < -0.3 is 94.1 Å². The summed E-state index contributed by atoms with van der Waals surface area (Å²) >= 11 is 0. The third kappa shape index (κ3) is 7.52. The molecule has 15 atom stereocenters. The molecular weight excluding hydrogens is 716 g/mol. The van der Waals surface area contributed by atoms with Crippen molar-refractivity contribution in [2.75, 3.05) is 13.2 Å². The molecule has 0 radical (unpaired) electrons. The molecule has 0 amide bonds. The molecule has 20 heteroatoms. The largest absolute Gasteiger partial charge is 0.508 e. The molecule has 53 heavy (non-hydrogen) atoms. The number of rotatable bonds is 9. The van der Waals surface area contributed by atoms with Crippen LogP contribution in [0.3, 0.4) is 0 Å². The van der Waals surface area contributed by atoms with Crippen molar-refractivity contribution in [3.05, 3.63) is 46.6 Å². The Kier molecular flexibility index (Phi) is 11.5. The molecule has 4 heterocycles. The third-order valence-corrected chi connectivity index (χ3v) is 9.30. The van der Waals surface area contributed by atoms with Crippen molar-refractivity contribution in [3.63, 3.8) is 0 Å². The van der Waals surface area contributed by atoms with Crippen molar-refractivity contribution < 1.29 is 94.1 Å². The van der Waals surface area contributed by atoms with Gasteiger partial charge in [-0.1, -0.05) is 0 Å². The van der Waals surface area contributed by atoms with E-state index in [1.807, 2.05) is 0 Å². The molecule has 3 aliphatic heterocycles. The minimum Gasteiger partial charge on any atom is -0.508 e. The minimum absolute atomic E-state index is 0.139. The maximum absolute atomic E-state index is 13.8. The van der Waals surface area contributed by atoms with E-state index in [4.69, 9.17) is 32.8 Å². The van der Waals surface area contributed by atoms with Crippen LogP contribution in [0.15, 0.2) is 45.6 Å². The van der Waals surface area contributed by atoms with Crippen LogP contribution in [0.5, 0.6) is 23.0 Å². The molecule has 3 aliphatic rings. The number of phenols is 3. The molecular formula is C33H40O20. The quantitative estimate of drug-likeness (QED) is 0.100. The van der Waals surface area contributed by atoms with E-state index in [2.05, 4.69) is 0 Å². The summed E-state index contributed by atoms with van der Waals surface area (Å²) < 4.78 is 39.8. The standard InChI is InChI=1S/C33H40O20/c1-10-19(38)25(44)30(53-31-26(45)23(42)20(39)16(8-34)50-31)33(48-10)47-9-17-21(40)24(43)27(46)32(51-17)52-29-22(41)18-14(37)6-13(36)7-15(18)49-28(29)11-2-4-12(35)5-3-11/h2-7,10,16-17,19-21,23-27,30-40,42-46H,8-9H2,1H3. The van der Waals surface area contributed by atoms with Gasteiger partial charge >= 0.3 is 0 Å². The van der Waals surface area contributed by atoms with Crippen molar-refractivity contribution in [3.8, 4) is 34.3 Å². The summed E-state index contributed by atoms with van der Waals surface area (Å²) in [4.78, 5) is 13.8. The van der Waals surface area contributed by atoms with Gasteiger partial charge in [0, 0.05) is 17.7 Å². The molecule has 0 saturated carbocycles. The number of phenolic OH excluding ortho intramolecular Hbond substituents is 3. The highest BCUT2D eigenvalue weighted by atomic mass is 16.8. The van der Waals surface area contributed by atoms with Crippen LogP contribution in [0, 0.1) is 0 Å². The van der Waals surface area contributed by atoms with Crippen LogP contribution in [0.2, 0.25) is 0 Å². The summed E-state index contributed by atoms with van der Waals surface area (Å²) in [5.74, 6) is -2.21. The predicted molar refractivity (Wildman–Crippen MR) is 171 cm³/mol. The summed E-state index contributed by atoms with van der Waals surface area (Å²) in [7, 11) is 0. The number of benzene rings is 2. The smallest absolute Gasteiger partial charge is 0.239 e. The van der Waals surface area contributed by atoms with Gasteiger partial charge in [-0.05, 0) is 31.2 Å². The van der Waals surface area contributed by atoms with E-state index in [-0.39, 0.29) is 22.7 Å². The highest BCUT2D eigenvalue weighted by molar-refractivity contribution is 5.88. The van der Waals surface area contributed by atoms with E-state index in [0.29, 0.717) is 0 Å². The van der Waals surface area contributed by atoms with Crippen LogP contribution in [0.1, 0.15) is 6.92 Å². The van der Waals surface area contributed by atoms with Gasteiger partial charge in [0.15, 0.2) is 18.3 Å². The number of aliphatic hydroxyl groups excluding tert-OH is 9. The van der Waals surface area contributed by atoms with Crippen LogP contribution >= 0.6 is 0 Å². The Hall–Kier alpha value is -3.71. The van der Waals surface area contributed by atoms with Crippen LogP contribution in [-0.2, 0) is 23.7 Å². The highest BCUT2D eigenvalue weighted by Gasteiger charge is 2.51. The first-order valence-corrected chi connectivity index (χ1v) is 16.4. The zero-order chi connectivity index (χ0) is 38.5. The summed E-state index contributed by atoms with van der Waals surface area (Å²) in [6.45, 7) is -0.119. The molecule has 1 aromatic heterocycles. The van der Waals surface area contributed by atoms with Gasteiger partial charge in [-0.25, -0.2) is 0 Å². The molecule has 12 N–H and O–H groups in total. The molecule has 0 aliphatic carbocycles. The summed E-state index contributed by atoms with van der Waals surface area (Å²) in [6, 6.07) is 7.16. The van der Waals surface area contributed by atoms with Crippen LogP contribution < -0.4 is 10.2 Å². The van der Waals surface area contributed by atoms with Crippen LogP contribution in [-0.4, -0.2) is 167 Å². The third-order valence-electron chi connectivity index (χ3n) is 9.30. The summed E-state index contributed by atoms with van der Waals surface area (Å²) in [5.41, 5.74) is -1.11. The number of hydrogen-bond acceptors (Lipinski definition) is 20. The SMILES string of the molecule is CC1OC(OCC2OC(Oc3c(-c4ccc(O)cc4)oc4cc(O)cc(O)c4c3=O)C(O)C(O)C2O)C(OC2OC(CO)C(O)C(O)C2O)C(O)C1O. The first-order chi connectivity index (χ1) is 25.1. The van der Waals surface area contributed by atoms with Crippen molar-refractivity contribution >= 4 is 11.0 Å². The Morgan fingerprint density at radius 2 is 1.30 bits per heavy atom. The van der Waals surface area contributed by atoms with E-state index in [9.17, 15) is 66.1 Å². The maximum atomic E-state index is 13.8. The van der Waals surface area contributed by atoms with E-state index in [1.54, 1.807) is 0 Å². The normalized spacial score (nSPS) is 37.8. The molecule has 2 aromatic carbocycles.